The van der Waals surface area contributed by atoms with Crippen LogP contribution in [0.25, 0.3) is 11.3 Å². The molecule has 0 atom stereocenters. The van der Waals surface area contributed by atoms with Crippen LogP contribution in [0, 0.1) is 13.8 Å². The monoisotopic (exact) mass is 428 g/mol. The molecule has 8 heteroatoms. The van der Waals surface area contributed by atoms with Crippen LogP contribution in [0.15, 0.2) is 36.7 Å². The number of benzene rings is 1. The lowest BCUT2D eigenvalue weighted by molar-refractivity contribution is 0.248. The van der Waals surface area contributed by atoms with Crippen molar-refractivity contribution in [2.75, 3.05) is 31.1 Å². The minimum atomic E-state index is 0. The molecule has 0 aliphatic carbocycles. The fraction of sp³-hybridized carbons (Fsp3) is 0.409. The van der Waals surface area contributed by atoms with Crippen molar-refractivity contribution in [1.82, 2.24) is 24.6 Å². The topological polar surface area (TPSA) is 70.3 Å². The Morgan fingerprint density at radius 3 is 2.23 bits per heavy atom. The number of aryl methyl sites for hydroxylation is 2. The van der Waals surface area contributed by atoms with Gasteiger partial charge in [-0.3, -0.25) is 14.6 Å². The van der Waals surface area contributed by atoms with Crippen LogP contribution in [0.2, 0.25) is 0 Å². The summed E-state index contributed by atoms with van der Waals surface area (Å²) in [5, 5.41) is 13.8. The summed E-state index contributed by atoms with van der Waals surface area (Å²) in [5.74, 6) is 0.928. The molecule has 2 aromatic heterocycles. The summed E-state index contributed by atoms with van der Waals surface area (Å²) < 4.78 is 1.97. The van der Waals surface area contributed by atoms with Gasteiger partial charge in [-0.05, 0) is 19.4 Å². The number of halogens is 1. The molecule has 0 spiro atoms. The zero-order valence-corrected chi connectivity index (χ0v) is 18.6. The summed E-state index contributed by atoms with van der Waals surface area (Å²) in [7, 11) is 2.01. The minimum Gasteiger partial charge on any atom is -0.392 e. The number of hydrogen-bond acceptors (Lipinski definition) is 6. The van der Waals surface area contributed by atoms with Gasteiger partial charge in [0.05, 0.1) is 12.3 Å². The summed E-state index contributed by atoms with van der Waals surface area (Å²) in [6.45, 7) is 9.00. The summed E-state index contributed by atoms with van der Waals surface area (Å²) in [4.78, 5) is 14.1. The van der Waals surface area contributed by atoms with E-state index in [1.807, 2.05) is 36.0 Å². The Morgan fingerprint density at radius 2 is 1.63 bits per heavy atom. The molecule has 1 saturated heterocycles. The van der Waals surface area contributed by atoms with E-state index in [2.05, 4.69) is 38.7 Å². The second kappa shape index (κ2) is 9.55. The van der Waals surface area contributed by atoms with E-state index in [4.69, 9.17) is 0 Å². The van der Waals surface area contributed by atoms with Crippen LogP contribution < -0.4 is 4.90 Å². The predicted molar refractivity (Wildman–Crippen MR) is 121 cm³/mol. The largest absolute Gasteiger partial charge is 0.392 e. The Bertz CT molecular complexity index is 980. The molecule has 7 nitrogen and oxygen atoms in total. The van der Waals surface area contributed by atoms with Crippen LogP contribution in [0.1, 0.15) is 22.5 Å². The van der Waals surface area contributed by atoms with Gasteiger partial charge in [-0.1, -0.05) is 24.3 Å². The number of nitrogens with zero attached hydrogens (tertiary/aromatic N) is 6. The van der Waals surface area contributed by atoms with E-state index in [-0.39, 0.29) is 19.0 Å². The van der Waals surface area contributed by atoms with Gasteiger partial charge in [0.1, 0.15) is 5.69 Å². The molecule has 0 unspecified atom stereocenters. The van der Waals surface area contributed by atoms with Crippen LogP contribution in [-0.2, 0) is 20.2 Å². The van der Waals surface area contributed by atoms with Gasteiger partial charge in [-0.25, -0.2) is 4.98 Å². The third-order valence-corrected chi connectivity index (χ3v) is 5.80. The molecule has 0 amide bonds. The molecule has 3 heterocycles. The minimum absolute atomic E-state index is 0. The first-order valence-electron chi connectivity index (χ1n) is 10.0. The van der Waals surface area contributed by atoms with Crippen LogP contribution in [0.4, 0.5) is 5.82 Å². The van der Waals surface area contributed by atoms with E-state index in [9.17, 15) is 5.11 Å². The van der Waals surface area contributed by atoms with E-state index >= 15 is 0 Å². The molecule has 30 heavy (non-hydrogen) atoms. The van der Waals surface area contributed by atoms with Crippen molar-refractivity contribution in [3.05, 3.63) is 59.2 Å². The summed E-state index contributed by atoms with van der Waals surface area (Å²) in [6, 6.07) is 7.88. The lowest BCUT2D eigenvalue weighted by Crippen LogP contribution is -2.46. The Morgan fingerprint density at radius 1 is 0.967 bits per heavy atom. The predicted octanol–water partition coefficient (Wildman–Crippen LogP) is 2.73. The first-order chi connectivity index (χ1) is 14.1. The quantitative estimate of drug-likeness (QED) is 0.673. The molecule has 1 aromatic carbocycles. The average molecular weight is 429 g/mol. The van der Waals surface area contributed by atoms with Crippen molar-refractivity contribution in [2.24, 2.45) is 7.05 Å². The van der Waals surface area contributed by atoms with E-state index in [1.54, 1.807) is 12.4 Å². The normalized spacial score (nSPS) is 14.6. The highest BCUT2D eigenvalue weighted by Gasteiger charge is 2.23. The number of aliphatic hydroxyl groups excluding tert-OH is 1. The van der Waals surface area contributed by atoms with Crippen molar-refractivity contribution in [3.8, 4) is 11.3 Å². The Labute approximate surface area is 183 Å². The average Bonchev–Trinajstić information content (AvgIpc) is 3.00. The third-order valence-electron chi connectivity index (χ3n) is 5.80. The molecular weight excluding hydrogens is 400 g/mol. The Kier molecular flexibility index (Phi) is 7.07. The number of rotatable bonds is 5. The SMILES string of the molecule is Cc1nn(C)c(C)c1CN1CCN(c2nccnc2-c2ccc(CO)cc2)CC1.Cl. The molecule has 1 aliphatic heterocycles. The first kappa shape index (κ1) is 22.2. The molecule has 1 aliphatic rings. The van der Waals surface area contributed by atoms with Gasteiger partial charge in [0.25, 0.3) is 0 Å². The van der Waals surface area contributed by atoms with E-state index in [1.165, 1.54) is 11.3 Å². The van der Waals surface area contributed by atoms with Crippen LogP contribution in [-0.4, -0.2) is 55.9 Å². The molecule has 0 bridgehead atoms. The van der Waals surface area contributed by atoms with Gasteiger partial charge in [-0.15, -0.1) is 12.4 Å². The smallest absolute Gasteiger partial charge is 0.155 e. The molecule has 1 N–H and O–H groups in total. The highest BCUT2D eigenvalue weighted by Crippen LogP contribution is 2.28. The van der Waals surface area contributed by atoms with Crippen molar-refractivity contribution in [1.29, 1.82) is 0 Å². The molecule has 0 radical (unpaired) electrons. The van der Waals surface area contributed by atoms with Crippen molar-refractivity contribution >= 4 is 18.2 Å². The van der Waals surface area contributed by atoms with E-state index in [0.29, 0.717) is 0 Å². The summed E-state index contributed by atoms with van der Waals surface area (Å²) in [6.07, 6.45) is 3.50. The van der Waals surface area contributed by atoms with Crippen LogP contribution >= 0.6 is 12.4 Å². The maximum Gasteiger partial charge on any atom is 0.155 e. The number of aliphatic hydroxyl groups is 1. The summed E-state index contributed by atoms with van der Waals surface area (Å²) in [5.41, 5.74) is 6.51. The Balaban J connectivity index is 0.00000256. The van der Waals surface area contributed by atoms with Crippen molar-refractivity contribution < 1.29 is 5.11 Å². The number of aromatic nitrogens is 4. The Hall–Kier alpha value is -2.48. The van der Waals surface area contributed by atoms with Gasteiger partial charge in [0.2, 0.25) is 0 Å². The van der Waals surface area contributed by atoms with Gasteiger partial charge in [0.15, 0.2) is 5.82 Å². The number of hydrogen-bond donors (Lipinski definition) is 1. The molecule has 0 saturated carbocycles. The highest BCUT2D eigenvalue weighted by molar-refractivity contribution is 5.85. The van der Waals surface area contributed by atoms with Crippen molar-refractivity contribution in [2.45, 2.75) is 27.0 Å². The maximum absolute atomic E-state index is 9.28. The van der Waals surface area contributed by atoms with Gasteiger partial charge < -0.3 is 10.0 Å². The fourth-order valence-electron chi connectivity index (χ4n) is 3.92. The number of piperazine rings is 1. The molecular formula is C22H29ClN6O. The van der Waals surface area contributed by atoms with Gasteiger partial charge in [0, 0.05) is 69.0 Å². The van der Waals surface area contributed by atoms with Crippen molar-refractivity contribution in [3.63, 3.8) is 0 Å². The van der Waals surface area contributed by atoms with E-state index < -0.39 is 0 Å². The molecule has 3 aromatic rings. The van der Waals surface area contributed by atoms with Crippen LogP contribution in [0.3, 0.4) is 0 Å². The summed E-state index contributed by atoms with van der Waals surface area (Å²) >= 11 is 0. The van der Waals surface area contributed by atoms with Gasteiger partial charge in [-0.2, -0.15) is 5.10 Å². The zero-order valence-electron chi connectivity index (χ0n) is 17.7. The first-order valence-corrected chi connectivity index (χ1v) is 10.0. The lowest BCUT2D eigenvalue weighted by Gasteiger charge is -2.36. The highest BCUT2D eigenvalue weighted by atomic mass is 35.5. The number of anilines is 1. The molecule has 4 rings (SSSR count). The van der Waals surface area contributed by atoms with Gasteiger partial charge >= 0.3 is 0 Å². The third kappa shape index (κ3) is 4.48. The second-order valence-corrected chi connectivity index (χ2v) is 7.62. The van der Waals surface area contributed by atoms with E-state index in [0.717, 1.165) is 61.1 Å². The molecule has 160 valence electrons. The zero-order chi connectivity index (χ0) is 20.4. The maximum atomic E-state index is 9.28. The van der Waals surface area contributed by atoms with Crippen LogP contribution in [0.5, 0.6) is 0 Å². The fourth-order valence-corrected chi connectivity index (χ4v) is 3.92. The lowest BCUT2D eigenvalue weighted by atomic mass is 10.1. The second-order valence-electron chi connectivity index (χ2n) is 7.62. The molecule has 1 fully saturated rings. The standard InChI is InChI=1S/C22H28N6O.ClH/c1-16-20(17(2)26(3)25-16)14-27-10-12-28(13-11-27)22-21(23-8-9-24-22)19-6-4-18(15-29)5-7-19;/h4-9,29H,10-15H2,1-3H3;1H.